The van der Waals surface area contributed by atoms with E-state index < -0.39 is 17.7 Å². The standard InChI is InChI=1S/C17H18FNO3S/c1-10(2)7-12-9-23-16(14(12)17(21)22-3)19-15(20)11-5-4-6-13(18)8-11/h4-6,8-10H,7H2,1-3H3,(H,19,20). The van der Waals surface area contributed by atoms with Crippen LogP contribution in [0.4, 0.5) is 9.39 Å². The lowest BCUT2D eigenvalue weighted by atomic mass is 10.0. The molecule has 23 heavy (non-hydrogen) atoms. The average Bonchev–Trinajstić information content (AvgIpc) is 2.88. The second kappa shape index (κ2) is 7.37. The average molecular weight is 335 g/mol. The molecule has 1 aromatic carbocycles. The van der Waals surface area contributed by atoms with Crippen molar-refractivity contribution in [1.29, 1.82) is 0 Å². The molecule has 6 heteroatoms. The third-order valence-electron chi connectivity index (χ3n) is 3.20. The summed E-state index contributed by atoms with van der Waals surface area (Å²) >= 11 is 1.26. The Bertz CT molecular complexity index is 724. The number of nitrogens with one attached hydrogen (secondary N) is 1. The number of esters is 1. The van der Waals surface area contributed by atoms with E-state index in [1.807, 2.05) is 19.2 Å². The number of rotatable bonds is 5. The molecule has 0 spiro atoms. The second-order valence-corrected chi connectivity index (χ2v) is 6.40. The van der Waals surface area contributed by atoms with Crippen molar-refractivity contribution in [1.82, 2.24) is 0 Å². The fourth-order valence-corrected chi connectivity index (χ4v) is 3.16. The fraction of sp³-hybridized carbons (Fsp3) is 0.294. The molecule has 1 aromatic heterocycles. The molecule has 0 bridgehead atoms. The highest BCUT2D eigenvalue weighted by Crippen LogP contribution is 2.31. The molecule has 0 saturated heterocycles. The Morgan fingerprint density at radius 1 is 1.35 bits per heavy atom. The summed E-state index contributed by atoms with van der Waals surface area (Å²) in [6.07, 6.45) is 0.705. The Morgan fingerprint density at radius 2 is 2.09 bits per heavy atom. The van der Waals surface area contributed by atoms with E-state index in [1.165, 1.54) is 36.6 Å². The molecular formula is C17H18FNO3S. The van der Waals surface area contributed by atoms with E-state index in [2.05, 4.69) is 5.32 Å². The first-order valence-corrected chi connectivity index (χ1v) is 8.06. The number of hydrogen-bond donors (Lipinski definition) is 1. The van der Waals surface area contributed by atoms with Crippen molar-refractivity contribution in [3.63, 3.8) is 0 Å². The Hall–Kier alpha value is -2.21. The largest absolute Gasteiger partial charge is 0.465 e. The van der Waals surface area contributed by atoms with E-state index >= 15 is 0 Å². The van der Waals surface area contributed by atoms with E-state index in [0.717, 1.165) is 11.6 Å². The molecule has 2 rings (SSSR count). The van der Waals surface area contributed by atoms with Crippen LogP contribution in [-0.2, 0) is 11.2 Å². The van der Waals surface area contributed by atoms with Crippen LogP contribution in [0.3, 0.4) is 0 Å². The molecule has 1 heterocycles. The minimum atomic E-state index is -0.489. The molecule has 0 unspecified atom stereocenters. The fourth-order valence-electron chi connectivity index (χ4n) is 2.21. The van der Waals surface area contributed by atoms with Crippen LogP contribution in [0, 0.1) is 11.7 Å². The van der Waals surface area contributed by atoms with Gasteiger partial charge in [-0.25, -0.2) is 9.18 Å². The smallest absolute Gasteiger partial charge is 0.341 e. The van der Waals surface area contributed by atoms with Gasteiger partial charge < -0.3 is 10.1 Å². The SMILES string of the molecule is COC(=O)c1c(CC(C)C)csc1NC(=O)c1cccc(F)c1. The molecule has 2 aromatic rings. The number of thiophene rings is 1. The van der Waals surface area contributed by atoms with Gasteiger partial charge in [0.2, 0.25) is 0 Å². The quantitative estimate of drug-likeness (QED) is 0.836. The maximum absolute atomic E-state index is 13.2. The molecule has 0 atom stereocenters. The highest BCUT2D eigenvalue weighted by Gasteiger charge is 2.22. The summed E-state index contributed by atoms with van der Waals surface area (Å²) in [4.78, 5) is 24.3. The predicted octanol–water partition coefficient (Wildman–Crippen LogP) is 4.12. The molecule has 0 aliphatic carbocycles. The molecule has 0 fully saturated rings. The van der Waals surface area contributed by atoms with Crippen LogP contribution in [0.5, 0.6) is 0 Å². The number of hydrogen-bond acceptors (Lipinski definition) is 4. The number of ether oxygens (including phenoxy) is 1. The minimum absolute atomic E-state index is 0.194. The maximum atomic E-state index is 13.2. The lowest BCUT2D eigenvalue weighted by molar-refractivity contribution is 0.0601. The highest BCUT2D eigenvalue weighted by atomic mass is 32.1. The molecule has 4 nitrogen and oxygen atoms in total. The van der Waals surface area contributed by atoms with Gasteiger partial charge in [-0.15, -0.1) is 11.3 Å². The maximum Gasteiger partial charge on any atom is 0.341 e. The summed E-state index contributed by atoms with van der Waals surface area (Å²) in [7, 11) is 1.30. The van der Waals surface area contributed by atoms with Gasteiger partial charge in [0.05, 0.1) is 12.7 Å². The van der Waals surface area contributed by atoms with Crippen LogP contribution in [-0.4, -0.2) is 19.0 Å². The molecule has 0 radical (unpaired) electrons. The first-order chi connectivity index (χ1) is 10.9. The third-order valence-corrected chi connectivity index (χ3v) is 4.14. The van der Waals surface area contributed by atoms with Gasteiger partial charge in [-0.1, -0.05) is 19.9 Å². The Morgan fingerprint density at radius 3 is 2.70 bits per heavy atom. The topological polar surface area (TPSA) is 55.4 Å². The number of amides is 1. The molecule has 0 saturated carbocycles. The summed E-state index contributed by atoms with van der Waals surface area (Å²) in [6, 6.07) is 5.39. The van der Waals surface area contributed by atoms with Crippen molar-refractivity contribution in [3.05, 3.63) is 52.2 Å². The highest BCUT2D eigenvalue weighted by molar-refractivity contribution is 7.15. The van der Waals surface area contributed by atoms with Crippen molar-refractivity contribution < 1.29 is 18.7 Å². The van der Waals surface area contributed by atoms with Crippen molar-refractivity contribution in [2.75, 3.05) is 12.4 Å². The van der Waals surface area contributed by atoms with Gasteiger partial charge in [0.1, 0.15) is 10.8 Å². The number of carbonyl (C=O) groups excluding carboxylic acids is 2. The lowest BCUT2D eigenvalue weighted by Crippen LogP contribution is -2.15. The van der Waals surface area contributed by atoms with E-state index in [-0.39, 0.29) is 5.56 Å². The summed E-state index contributed by atoms with van der Waals surface area (Å²) < 4.78 is 18.0. The van der Waals surface area contributed by atoms with Gasteiger partial charge in [-0.2, -0.15) is 0 Å². The van der Waals surface area contributed by atoms with E-state index in [9.17, 15) is 14.0 Å². The van der Waals surface area contributed by atoms with Crippen molar-refractivity contribution in [2.45, 2.75) is 20.3 Å². The van der Waals surface area contributed by atoms with Gasteiger partial charge in [0, 0.05) is 5.56 Å². The second-order valence-electron chi connectivity index (χ2n) is 5.52. The predicted molar refractivity (Wildman–Crippen MR) is 88.6 cm³/mol. The van der Waals surface area contributed by atoms with Gasteiger partial charge in [-0.05, 0) is 41.5 Å². The molecule has 122 valence electrons. The number of methoxy groups -OCH3 is 1. The van der Waals surface area contributed by atoms with Crippen LogP contribution < -0.4 is 5.32 Å². The molecular weight excluding hydrogens is 317 g/mol. The summed E-state index contributed by atoms with van der Waals surface area (Å²) in [5.74, 6) is -1.08. The summed E-state index contributed by atoms with van der Waals surface area (Å²) in [6.45, 7) is 4.09. The molecule has 0 aliphatic heterocycles. The van der Waals surface area contributed by atoms with Gasteiger partial charge in [-0.3, -0.25) is 4.79 Å². The van der Waals surface area contributed by atoms with Crippen LogP contribution in [0.2, 0.25) is 0 Å². The van der Waals surface area contributed by atoms with Crippen LogP contribution in [0.25, 0.3) is 0 Å². The van der Waals surface area contributed by atoms with Gasteiger partial charge in [0.25, 0.3) is 5.91 Å². The van der Waals surface area contributed by atoms with Crippen molar-refractivity contribution in [2.24, 2.45) is 5.92 Å². The van der Waals surface area contributed by atoms with E-state index in [4.69, 9.17) is 4.74 Å². The first kappa shape index (κ1) is 17.1. The number of halogens is 1. The molecule has 1 N–H and O–H groups in total. The van der Waals surface area contributed by atoms with Crippen molar-refractivity contribution in [3.8, 4) is 0 Å². The number of carbonyl (C=O) groups is 2. The molecule has 1 amide bonds. The Kier molecular flexibility index (Phi) is 5.50. The summed E-state index contributed by atoms with van der Waals surface area (Å²) in [5.41, 5.74) is 1.40. The lowest BCUT2D eigenvalue weighted by Gasteiger charge is -2.09. The normalized spacial score (nSPS) is 10.7. The number of anilines is 1. The van der Waals surface area contributed by atoms with Crippen LogP contribution in [0.1, 0.15) is 40.1 Å². The first-order valence-electron chi connectivity index (χ1n) is 7.18. The number of benzene rings is 1. The zero-order valence-corrected chi connectivity index (χ0v) is 14.0. The minimum Gasteiger partial charge on any atom is -0.465 e. The Balaban J connectivity index is 2.30. The van der Waals surface area contributed by atoms with Crippen LogP contribution in [0.15, 0.2) is 29.6 Å². The van der Waals surface area contributed by atoms with Gasteiger partial charge >= 0.3 is 5.97 Å². The zero-order valence-electron chi connectivity index (χ0n) is 13.2. The third kappa shape index (κ3) is 4.16. The van der Waals surface area contributed by atoms with E-state index in [0.29, 0.717) is 22.9 Å². The zero-order chi connectivity index (χ0) is 17.0. The Labute approximate surface area is 138 Å². The summed E-state index contributed by atoms with van der Waals surface area (Å²) in [5, 5.41) is 4.93. The van der Waals surface area contributed by atoms with Crippen LogP contribution >= 0.6 is 11.3 Å². The van der Waals surface area contributed by atoms with Gasteiger partial charge in [0.15, 0.2) is 0 Å². The van der Waals surface area contributed by atoms with E-state index in [1.54, 1.807) is 0 Å². The molecule has 0 aliphatic rings. The monoisotopic (exact) mass is 335 g/mol. The van der Waals surface area contributed by atoms with Crippen molar-refractivity contribution >= 4 is 28.2 Å².